The predicted molar refractivity (Wildman–Crippen MR) is 90.7 cm³/mol. The van der Waals surface area contributed by atoms with Gasteiger partial charge in [-0.15, -0.1) is 0 Å². The Morgan fingerprint density at radius 2 is 1.82 bits per heavy atom. The molecule has 0 unspecified atom stereocenters. The van der Waals surface area contributed by atoms with Gasteiger partial charge in [-0.05, 0) is 30.3 Å². The Kier molecular flexibility index (Phi) is 3.29. The number of pyridine rings is 1. The number of hydrogen-bond donors (Lipinski definition) is 0. The minimum atomic E-state index is 0.659. The van der Waals surface area contributed by atoms with Gasteiger partial charge in [0, 0.05) is 21.0 Å². The molecular weight excluding hydrogens is 315 g/mol. The zero-order valence-electron chi connectivity index (χ0n) is 11.7. The molecule has 0 bridgehead atoms. The lowest BCUT2D eigenvalue weighted by Gasteiger charge is -2.01. The molecule has 22 heavy (non-hydrogen) atoms. The minimum absolute atomic E-state index is 0.659. The standard InChI is InChI=1S/C18H13Cl2N2/c19-15-7-5-14(17(20)9-15)10-21-11-16-8-6-13-3-1-2-4-18(13)22(16)12-21/h1-9,11-12H,10H2/q+1. The Morgan fingerprint density at radius 3 is 2.68 bits per heavy atom. The van der Waals surface area contributed by atoms with Gasteiger partial charge in [-0.2, -0.15) is 4.40 Å². The molecule has 0 amide bonds. The maximum absolute atomic E-state index is 6.27. The summed E-state index contributed by atoms with van der Waals surface area (Å²) >= 11 is 12.2. The largest absolute Gasteiger partial charge is 0.249 e. The highest BCUT2D eigenvalue weighted by atomic mass is 35.5. The van der Waals surface area contributed by atoms with E-state index >= 15 is 0 Å². The number of nitrogens with zero attached hydrogens (tertiary/aromatic N) is 2. The van der Waals surface area contributed by atoms with Crippen molar-refractivity contribution in [3.63, 3.8) is 0 Å². The van der Waals surface area contributed by atoms with Crippen LogP contribution in [0.1, 0.15) is 5.56 Å². The number of imidazole rings is 1. The normalized spacial score (nSPS) is 11.4. The molecule has 2 aromatic carbocycles. The van der Waals surface area contributed by atoms with Crippen LogP contribution in [-0.4, -0.2) is 4.40 Å². The van der Waals surface area contributed by atoms with Gasteiger partial charge in [0.25, 0.3) is 0 Å². The molecule has 0 saturated heterocycles. The van der Waals surface area contributed by atoms with Crippen LogP contribution in [0.5, 0.6) is 0 Å². The van der Waals surface area contributed by atoms with Gasteiger partial charge in [-0.25, -0.2) is 4.57 Å². The second-order valence-electron chi connectivity index (χ2n) is 5.34. The fraction of sp³-hybridized carbons (Fsp3) is 0.0556. The third kappa shape index (κ3) is 2.35. The van der Waals surface area contributed by atoms with Crippen LogP contribution >= 0.6 is 23.2 Å². The van der Waals surface area contributed by atoms with Crippen molar-refractivity contribution in [2.24, 2.45) is 0 Å². The number of rotatable bonds is 2. The van der Waals surface area contributed by atoms with Crippen LogP contribution in [0, 0.1) is 0 Å². The minimum Gasteiger partial charge on any atom is -0.232 e. The number of aromatic nitrogens is 2. The molecule has 0 aliphatic heterocycles. The van der Waals surface area contributed by atoms with E-state index in [1.54, 1.807) is 6.07 Å². The number of benzene rings is 2. The highest BCUT2D eigenvalue weighted by Gasteiger charge is 2.11. The molecule has 0 fully saturated rings. The van der Waals surface area contributed by atoms with E-state index in [2.05, 4.69) is 57.9 Å². The monoisotopic (exact) mass is 327 g/mol. The smallest absolute Gasteiger partial charge is 0.232 e. The highest BCUT2D eigenvalue weighted by Crippen LogP contribution is 2.21. The average molecular weight is 328 g/mol. The Hall–Kier alpha value is -2.03. The summed E-state index contributed by atoms with van der Waals surface area (Å²) in [6, 6.07) is 18.3. The lowest BCUT2D eigenvalue weighted by molar-refractivity contribution is -0.686. The molecule has 4 aromatic rings. The van der Waals surface area contributed by atoms with Crippen LogP contribution in [0.25, 0.3) is 16.4 Å². The molecule has 2 nitrogen and oxygen atoms in total. The summed E-state index contributed by atoms with van der Waals surface area (Å²) in [6.07, 6.45) is 4.22. The molecular formula is C18H13Cl2N2+. The van der Waals surface area contributed by atoms with Gasteiger partial charge in [0.2, 0.25) is 6.33 Å². The summed E-state index contributed by atoms with van der Waals surface area (Å²) in [7, 11) is 0. The molecule has 108 valence electrons. The second kappa shape index (κ2) is 5.31. The van der Waals surface area contributed by atoms with Crippen molar-refractivity contribution in [2.75, 3.05) is 0 Å². The molecule has 0 aliphatic carbocycles. The van der Waals surface area contributed by atoms with E-state index < -0.39 is 0 Å². The quantitative estimate of drug-likeness (QED) is 0.470. The predicted octanol–water partition coefficient (Wildman–Crippen LogP) is 4.74. The molecule has 0 spiro atoms. The fourth-order valence-electron chi connectivity index (χ4n) is 2.76. The van der Waals surface area contributed by atoms with Crippen molar-refractivity contribution in [1.29, 1.82) is 0 Å². The maximum atomic E-state index is 6.27. The van der Waals surface area contributed by atoms with Gasteiger partial charge in [-0.1, -0.05) is 47.5 Å². The molecule has 0 atom stereocenters. The van der Waals surface area contributed by atoms with Crippen LogP contribution in [0.2, 0.25) is 10.0 Å². The molecule has 4 heteroatoms. The third-order valence-electron chi connectivity index (χ3n) is 3.84. The summed E-state index contributed by atoms with van der Waals surface area (Å²) in [5, 5.41) is 2.58. The van der Waals surface area contributed by atoms with Gasteiger partial charge in [0.05, 0.1) is 0 Å². The van der Waals surface area contributed by atoms with Crippen LogP contribution in [0.15, 0.2) is 67.1 Å². The van der Waals surface area contributed by atoms with Gasteiger partial charge in [0.15, 0.2) is 5.52 Å². The van der Waals surface area contributed by atoms with Crippen molar-refractivity contribution in [3.05, 3.63) is 82.7 Å². The van der Waals surface area contributed by atoms with Crippen LogP contribution < -0.4 is 4.57 Å². The van der Waals surface area contributed by atoms with E-state index in [9.17, 15) is 0 Å². The Balaban J connectivity index is 1.81. The molecule has 2 aromatic heterocycles. The van der Waals surface area contributed by atoms with E-state index in [1.807, 2.05) is 12.1 Å². The third-order valence-corrected chi connectivity index (χ3v) is 4.42. The van der Waals surface area contributed by atoms with Crippen LogP contribution in [-0.2, 0) is 6.54 Å². The average Bonchev–Trinajstić information content (AvgIpc) is 2.93. The SMILES string of the molecule is Clc1ccc(C[n+]2cc3ccc4ccccc4n3c2)c(Cl)c1. The van der Waals surface area contributed by atoms with E-state index in [1.165, 1.54) is 10.9 Å². The Bertz CT molecular complexity index is 989. The molecule has 0 aliphatic rings. The number of para-hydroxylation sites is 1. The molecule has 0 N–H and O–H groups in total. The van der Waals surface area contributed by atoms with Crippen molar-refractivity contribution < 1.29 is 4.57 Å². The van der Waals surface area contributed by atoms with Crippen molar-refractivity contribution >= 4 is 39.6 Å². The second-order valence-corrected chi connectivity index (χ2v) is 6.18. The van der Waals surface area contributed by atoms with Crippen molar-refractivity contribution in [1.82, 2.24) is 4.40 Å². The molecule has 4 rings (SSSR count). The molecule has 0 saturated carbocycles. The van der Waals surface area contributed by atoms with E-state index in [0.29, 0.717) is 16.6 Å². The number of halogens is 2. The summed E-state index contributed by atoms with van der Waals surface area (Å²) in [6.45, 7) is 0.714. The first-order chi connectivity index (χ1) is 10.7. The van der Waals surface area contributed by atoms with Gasteiger partial charge in [-0.3, -0.25) is 0 Å². The zero-order valence-corrected chi connectivity index (χ0v) is 13.2. The maximum Gasteiger partial charge on any atom is 0.249 e. The summed E-state index contributed by atoms with van der Waals surface area (Å²) in [4.78, 5) is 0. The fourth-order valence-corrected chi connectivity index (χ4v) is 3.23. The highest BCUT2D eigenvalue weighted by molar-refractivity contribution is 6.35. The summed E-state index contributed by atoms with van der Waals surface area (Å²) in [5.41, 5.74) is 3.40. The van der Waals surface area contributed by atoms with Crippen molar-refractivity contribution in [3.8, 4) is 0 Å². The van der Waals surface area contributed by atoms with E-state index in [-0.39, 0.29) is 0 Å². The lowest BCUT2D eigenvalue weighted by atomic mass is 10.2. The van der Waals surface area contributed by atoms with Crippen LogP contribution in [0.3, 0.4) is 0 Å². The summed E-state index contributed by atoms with van der Waals surface area (Å²) < 4.78 is 4.33. The van der Waals surface area contributed by atoms with Crippen LogP contribution in [0.4, 0.5) is 0 Å². The molecule has 2 heterocycles. The first-order valence-corrected chi connectivity index (χ1v) is 7.79. The van der Waals surface area contributed by atoms with E-state index in [0.717, 1.165) is 11.1 Å². The summed E-state index contributed by atoms with van der Waals surface area (Å²) in [5.74, 6) is 0. The molecule has 0 radical (unpaired) electrons. The first-order valence-electron chi connectivity index (χ1n) is 7.03. The van der Waals surface area contributed by atoms with Gasteiger partial charge < -0.3 is 0 Å². The topological polar surface area (TPSA) is 8.29 Å². The van der Waals surface area contributed by atoms with Gasteiger partial charge >= 0.3 is 0 Å². The zero-order chi connectivity index (χ0) is 15.1. The van der Waals surface area contributed by atoms with Crippen molar-refractivity contribution in [2.45, 2.75) is 6.54 Å². The lowest BCUT2D eigenvalue weighted by Crippen LogP contribution is -2.31. The number of hydrogen-bond acceptors (Lipinski definition) is 0. The number of fused-ring (bicyclic) bond motifs is 3. The van der Waals surface area contributed by atoms with Gasteiger partial charge in [0.1, 0.15) is 18.3 Å². The first kappa shape index (κ1) is 13.6. The Labute approximate surface area is 138 Å². The Morgan fingerprint density at radius 1 is 0.955 bits per heavy atom. The van der Waals surface area contributed by atoms with E-state index in [4.69, 9.17) is 23.2 Å².